The Labute approximate surface area is 394 Å². The van der Waals surface area contributed by atoms with Gasteiger partial charge in [-0.3, -0.25) is 18.6 Å². The molecule has 66 heavy (non-hydrogen) atoms. The Morgan fingerprint density at radius 1 is 0.530 bits per heavy atom. The molecule has 1 rings (SSSR count). The lowest BCUT2D eigenvalue weighted by Gasteiger charge is -2.41. The molecule has 0 aliphatic heterocycles. The number of hydrogen-bond donors (Lipinski definition) is 7. The lowest BCUT2D eigenvalue weighted by atomic mass is 9.85. The molecule has 1 saturated carbocycles. The molecule has 0 spiro atoms. The van der Waals surface area contributed by atoms with Gasteiger partial charge in [0.1, 0.15) is 43.2 Å². The molecule has 1 fully saturated rings. The van der Waals surface area contributed by atoms with Gasteiger partial charge in [-0.25, -0.2) is 4.57 Å². The zero-order chi connectivity index (χ0) is 48.7. The molecule has 0 saturated heterocycles. The quantitative estimate of drug-likeness (QED) is 0.0134. The highest BCUT2D eigenvalue weighted by Gasteiger charge is 2.51. The average molecular weight is 949 g/mol. The van der Waals surface area contributed by atoms with E-state index >= 15 is 0 Å². The number of aliphatic hydroxyl groups is 6. The van der Waals surface area contributed by atoms with Gasteiger partial charge in [-0.15, -0.1) is 0 Å². The molecule has 0 amide bonds. The van der Waals surface area contributed by atoms with E-state index in [0.717, 1.165) is 64.2 Å². The first kappa shape index (κ1) is 60.5. The second kappa shape index (κ2) is 39.5. The van der Waals surface area contributed by atoms with Crippen LogP contribution in [0, 0.1) is 0 Å². The van der Waals surface area contributed by atoms with Gasteiger partial charge in [-0.05, 0) is 96.3 Å². The number of carbonyl (C=O) groups is 2. The van der Waals surface area contributed by atoms with Gasteiger partial charge < -0.3 is 45.0 Å². The van der Waals surface area contributed by atoms with Crippen molar-refractivity contribution in [2.24, 2.45) is 0 Å². The van der Waals surface area contributed by atoms with Crippen molar-refractivity contribution >= 4 is 19.8 Å². The van der Waals surface area contributed by atoms with Crippen molar-refractivity contribution in [2.75, 3.05) is 13.2 Å². The normalized spacial score (nSPS) is 22.7. The smallest absolute Gasteiger partial charge is 0.462 e. The highest BCUT2D eigenvalue weighted by molar-refractivity contribution is 7.47. The maximum absolute atomic E-state index is 12.8. The fourth-order valence-corrected chi connectivity index (χ4v) is 7.21. The second-order valence-electron chi connectivity index (χ2n) is 16.0. The van der Waals surface area contributed by atoms with Crippen LogP contribution in [0.3, 0.4) is 0 Å². The second-order valence-corrected chi connectivity index (χ2v) is 17.4. The highest BCUT2D eigenvalue weighted by Crippen LogP contribution is 2.47. The first-order valence-corrected chi connectivity index (χ1v) is 25.3. The number of unbranched alkanes of at least 4 members (excludes halogenated alkanes) is 4. The van der Waals surface area contributed by atoms with Crippen LogP contribution in [0.15, 0.2) is 109 Å². The van der Waals surface area contributed by atoms with Crippen LogP contribution in [0.25, 0.3) is 0 Å². The molecule has 15 heteroatoms. The van der Waals surface area contributed by atoms with E-state index in [9.17, 15) is 49.7 Å². The molecule has 0 aromatic carbocycles. The lowest BCUT2D eigenvalue weighted by molar-refractivity contribution is -0.220. The average Bonchev–Trinajstić information content (AvgIpc) is 3.30. The number of esters is 2. The van der Waals surface area contributed by atoms with Crippen molar-refractivity contribution in [2.45, 2.75) is 185 Å². The van der Waals surface area contributed by atoms with Gasteiger partial charge in [0.15, 0.2) is 6.10 Å². The molecule has 1 aliphatic carbocycles. The molecule has 0 heterocycles. The fraction of sp³-hybridized carbons (Fsp3) is 0.608. The van der Waals surface area contributed by atoms with Crippen LogP contribution < -0.4 is 0 Å². The molecule has 0 bridgehead atoms. The van der Waals surface area contributed by atoms with Crippen LogP contribution in [0.4, 0.5) is 0 Å². The minimum Gasteiger partial charge on any atom is -0.462 e. The number of aliphatic hydroxyl groups excluding tert-OH is 6. The van der Waals surface area contributed by atoms with Gasteiger partial charge in [0, 0.05) is 12.8 Å². The Kier molecular flexibility index (Phi) is 36.2. The Morgan fingerprint density at radius 3 is 1.42 bits per heavy atom. The van der Waals surface area contributed by atoms with Crippen molar-refractivity contribution in [3.8, 4) is 0 Å². The van der Waals surface area contributed by atoms with Crippen LogP contribution in [-0.2, 0) is 32.7 Å². The molecule has 7 N–H and O–H groups in total. The van der Waals surface area contributed by atoms with Crippen molar-refractivity contribution < 1.29 is 68.2 Å². The summed E-state index contributed by atoms with van der Waals surface area (Å²) in [6.45, 7) is 2.87. The number of carbonyl (C=O) groups excluding carboxylic acids is 2. The number of allylic oxidation sites excluding steroid dienone is 18. The standard InChI is InChI=1S/C51H81O14P/c1-3-5-6-7-8-9-10-11-12-13-14-15-16-20-23-26-29-32-35-38-44(53)62-40-43(41-63-66(60,61)65-51-49(58)47(56)46(55)48(57)50(51)59)64-45(54)39-36-33-30-27-24-21-18-17-19-22-25-28-31-34-37-42(52)4-2/h8-9,11-12,14-15,18-23,27-32,42-43,46-52,55-59H,3-7,10,13,16-17,24-26,33-41H2,1-2H3,(H,60,61)/b9-8-,12-11-,15-14-,21-18-,22-19-,23-20-,30-27-,31-28-,32-29-/t42-,43-,46?,47-,48+,49-,50-,51?/m1/s1. The Morgan fingerprint density at radius 2 is 0.955 bits per heavy atom. The van der Waals surface area contributed by atoms with Gasteiger partial charge in [0.2, 0.25) is 0 Å². The van der Waals surface area contributed by atoms with Gasteiger partial charge in [-0.1, -0.05) is 136 Å². The summed E-state index contributed by atoms with van der Waals surface area (Å²) in [6.07, 6.45) is 38.1. The van der Waals surface area contributed by atoms with E-state index in [0.29, 0.717) is 25.7 Å². The molecule has 0 aromatic heterocycles. The van der Waals surface area contributed by atoms with Crippen molar-refractivity contribution in [3.05, 3.63) is 109 Å². The predicted octanol–water partition coefficient (Wildman–Crippen LogP) is 8.58. The topological polar surface area (TPSA) is 230 Å². The van der Waals surface area contributed by atoms with E-state index in [-0.39, 0.29) is 18.9 Å². The van der Waals surface area contributed by atoms with E-state index < -0.39 is 75.7 Å². The van der Waals surface area contributed by atoms with E-state index in [1.807, 2.05) is 43.4 Å². The van der Waals surface area contributed by atoms with Gasteiger partial charge in [0.05, 0.1) is 12.7 Å². The first-order chi connectivity index (χ1) is 31.8. The Hall–Kier alpha value is -3.53. The Bertz CT molecular complexity index is 1580. The predicted molar refractivity (Wildman–Crippen MR) is 259 cm³/mol. The van der Waals surface area contributed by atoms with Gasteiger partial charge in [-0.2, -0.15) is 0 Å². The maximum atomic E-state index is 12.8. The summed E-state index contributed by atoms with van der Waals surface area (Å²) < 4.78 is 33.4. The summed E-state index contributed by atoms with van der Waals surface area (Å²) in [5.74, 6) is -1.29. The van der Waals surface area contributed by atoms with Crippen molar-refractivity contribution in [3.63, 3.8) is 0 Å². The summed E-state index contributed by atoms with van der Waals surface area (Å²) in [4.78, 5) is 35.7. The van der Waals surface area contributed by atoms with Crippen molar-refractivity contribution in [1.82, 2.24) is 0 Å². The van der Waals surface area contributed by atoms with Crippen LogP contribution in [-0.4, -0.2) is 110 Å². The summed E-state index contributed by atoms with van der Waals surface area (Å²) in [6, 6.07) is 0. The number of phosphoric ester groups is 1. The summed E-state index contributed by atoms with van der Waals surface area (Å²) in [7, 11) is -5.17. The van der Waals surface area contributed by atoms with Crippen LogP contribution in [0.2, 0.25) is 0 Å². The zero-order valence-corrected chi connectivity index (χ0v) is 40.2. The molecule has 0 aromatic rings. The fourth-order valence-electron chi connectivity index (χ4n) is 6.24. The third kappa shape index (κ3) is 31.4. The summed E-state index contributed by atoms with van der Waals surface area (Å²) >= 11 is 0. The van der Waals surface area contributed by atoms with E-state index in [2.05, 4.69) is 79.8 Å². The SMILES string of the molecule is CCCCC/C=C\C/C=C\C/C=C\C/C=C\C/C=C\CCC(=O)OC[C@H](COP(=O)(O)OC1[C@H](O)[C@H](O)C(O)[C@H](O)[C@H]1O)OC(=O)CCC/C=C\C/C=C\C/C=C\C/C=C\CC[C@H](O)CC. The molecule has 14 nitrogen and oxygen atoms in total. The summed E-state index contributed by atoms with van der Waals surface area (Å²) in [5, 5.41) is 59.7. The van der Waals surface area contributed by atoms with Gasteiger partial charge in [0.25, 0.3) is 0 Å². The molecule has 0 radical (unpaired) electrons. The van der Waals surface area contributed by atoms with E-state index in [1.165, 1.54) is 19.3 Å². The molecule has 9 atom stereocenters. The third-order valence-corrected chi connectivity index (χ3v) is 11.2. The maximum Gasteiger partial charge on any atom is 0.472 e. The molecular weight excluding hydrogens is 868 g/mol. The minimum absolute atomic E-state index is 0.0147. The molecule has 3 unspecified atom stereocenters. The van der Waals surface area contributed by atoms with Crippen LogP contribution in [0.1, 0.15) is 136 Å². The van der Waals surface area contributed by atoms with E-state index in [4.69, 9.17) is 18.5 Å². The van der Waals surface area contributed by atoms with Crippen LogP contribution >= 0.6 is 7.82 Å². The van der Waals surface area contributed by atoms with Crippen molar-refractivity contribution in [1.29, 1.82) is 0 Å². The molecule has 1 aliphatic rings. The minimum atomic E-state index is -5.17. The Balaban J connectivity index is 2.56. The zero-order valence-electron chi connectivity index (χ0n) is 39.3. The largest absolute Gasteiger partial charge is 0.472 e. The van der Waals surface area contributed by atoms with Crippen LogP contribution in [0.5, 0.6) is 0 Å². The van der Waals surface area contributed by atoms with E-state index in [1.54, 1.807) is 0 Å². The molecular formula is C51H81O14P. The number of phosphoric acid groups is 1. The first-order valence-electron chi connectivity index (χ1n) is 23.8. The lowest BCUT2D eigenvalue weighted by Crippen LogP contribution is -2.64. The monoisotopic (exact) mass is 949 g/mol. The number of ether oxygens (including phenoxy) is 2. The highest BCUT2D eigenvalue weighted by atomic mass is 31.2. The summed E-state index contributed by atoms with van der Waals surface area (Å²) in [5.41, 5.74) is 0. The number of hydrogen-bond acceptors (Lipinski definition) is 13. The number of rotatable bonds is 37. The molecule has 374 valence electrons. The third-order valence-electron chi connectivity index (χ3n) is 10.3. The van der Waals surface area contributed by atoms with Gasteiger partial charge >= 0.3 is 19.8 Å².